The number of esters is 1. The lowest BCUT2D eigenvalue weighted by atomic mass is 9.84. The topological polar surface area (TPSA) is 96.2 Å². The fourth-order valence-electron chi connectivity index (χ4n) is 5.68. The molecule has 2 rings (SSSR count). The first-order valence-corrected chi connectivity index (χ1v) is 14.2. The number of allylic oxidation sites excluding steroid dienone is 2. The van der Waals surface area contributed by atoms with Crippen molar-refractivity contribution in [2.45, 2.75) is 111 Å². The van der Waals surface area contributed by atoms with E-state index in [9.17, 15) is 20.1 Å². The van der Waals surface area contributed by atoms with Gasteiger partial charge in [-0.2, -0.15) is 0 Å². The van der Waals surface area contributed by atoms with Crippen LogP contribution < -0.4 is 0 Å². The Morgan fingerprint density at radius 2 is 1.95 bits per heavy atom. The lowest BCUT2D eigenvalue weighted by molar-refractivity contribution is -0.151. The molecule has 3 N–H and O–H groups in total. The van der Waals surface area contributed by atoms with Crippen LogP contribution in [0.4, 0.5) is 0 Å². The Balaban J connectivity index is 2.09. The van der Waals surface area contributed by atoms with E-state index in [2.05, 4.69) is 13.8 Å². The third-order valence-corrected chi connectivity index (χ3v) is 8.86. The molecule has 1 aliphatic heterocycles. The van der Waals surface area contributed by atoms with Crippen LogP contribution in [0, 0.1) is 35.5 Å². The van der Waals surface area contributed by atoms with Crippen molar-refractivity contribution in [3.05, 3.63) is 36.0 Å². The van der Waals surface area contributed by atoms with Crippen LogP contribution in [0.1, 0.15) is 80.6 Å². The molecule has 6 heteroatoms. The van der Waals surface area contributed by atoms with Crippen LogP contribution >= 0.6 is 0 Å². The quantitative estimate of drug-likeness (QED) is 0.219. The van der Waals surface area contributed by atoms with Gasteiger partial charge < -0.3 is 24.8 Å². The van der Waals surface area contributed by atoms with E-state index in [0.29, 0.717) is 30.6 Å². The number of rotatable bonds is 9. The van der Waals surface area contributed by atoms with Crippen LogP contribution in [0.25, 0.3) is 0 Å². The highest BCUT2D eigenvalue weighted by molar-refractivity contribution is 5.70. The highest BCUT2D eigenvalue weighted by Crippen LogP contribution is 2.49. The Labute approximate surface area is 224 Å². The summed E-state index contributed by atoms with van der Waals surface area (Å²) in [6.45, 7) is 14.1. The van der Waals surface area contributed by atoms with Gasteiger partial charge >= 0.3 is 5.97 Å². The summed E-state index contributed by atoms with van der Waals surface area (Å²) in [5.74, 6) is 0.581. The van der Waals surface area contributed by atoms with E-state index < -0.39 is 29.9 Å². The summed E-state index contributed by atoms with van der Waals surface area (Å²) in [4.78, 5) is 12.6. The van der Waals surface area contributed by atoms with Gasteiger partial charge in [0.1, 0.15) is 6.10 Å². The maximum absolute atomic E-state index is 12.6. The Hall–Kier alpha value is -1.47. The number of hydrogen-bond acceptors (Lipinski definition) is 6. The molecule has 0 aromatic rings. The van der Waals surface area contributed by atoms with Crippen LogP contribution in [0.2, 0.25) is 0 Å². The van der Waals surface area contributed by atoms with Crippen molar-refractivity contribution in [2.75, 3.05) is 7.11 Å². The molecule has 0 saturated heterocycles. The lowest BCUT2D eigenvalue weighted by Crippen LogP contribution is -2.34. The van der Waals surface area contributed by atoms with Crippen LogP contribution in [0.15, 0.2) is 36.0 Å². The van der Waals surface area contributed by atoms with Crippen LogP contribution in [0.5, 0.6) is 0 Å². The average Bonchev–Trinajstić information content (AvgIpc) is 3.64. The number of methoxy groups -OCH3 is 1. The number of cyclic esters (lactones) is 1. The van der Waals surface area contributed by atoms with Crippen molar-refractivity contribution < 1.29 is 29.6 Å². The van der Waals surface area contributed by atoms with E-state index in [1.54, 1.807) is 14.0 Å². The maximum atomic E-state index is 12.6. The SMILES string of the molecule is CC[C@H](OC)[C@@H](C)[C@H]1C[C@@H]1[C@@H](O)[C@@H](C)/C=C/C=C(\C)[C@H]1OC(=O)C[C@H](O)CC[C@@](C)(O)[C@@H](C)/C=C/[C@@H]1C. The summed E-state index contributed by atoms with van der Waals surface area (Å²) < 4.78 is 11.4. The van der Waals surface area contributed by atoms with Gasteiger partial charge in [-0.3, -0.25) is 4.79 Å². The lowest BCUT2D eigenvalue weighted by Gasteiger charge is -2.31. The zero-order chi connectivity index (χ0) is 27.9. The summed E-state index contributed by atoms with van der Waals surface area (Å²) in [5, 5.41) is 32.0. The van der Waals surface area contributed by atoms with E-state index >= 15 is 0 Å². The number of carbonyl (C=O) groups is 1. The second kappa shape index (κ2) is 14.1. The first-order chi connectivity index (χ1) is 17.3. The molecule has 1 heterocycles. The molecule has 2 aliphatic rings. The molecule has 11 atom stereocenters. The molecular weight excluding hydrogens is 468 g/mol. The summed E-state index contributed by atoms with van der Waals surface area (Å²) >= 11 is 0. The third-order valence-electron chi connectivity index (χ3n) is 8.86. The normalized spacial score (nSPS) is 38.1. The molecule has 0 unspecified atom stereocenters. The predicted molar refractivity (Wildman–Crippen MR) is 148 cm³/mol. The molecule has 1 saturated carbocycles. The van der Waals surface area contributed by atoms with Crippen LogP contribution in [0.3, 0.4) is 0 Å². The molecule has 0 aromatic heterocycles. The summed E-state index contributed by atoms with van der Waals surface area (Å²) in [6.07, 6.45) is 11.1. The van der Waals surface area contributed by atoms with Crippen molar-refractivity contribution in [1.82, 2.24) is 0 Å². The molecular formula is C31H52O6. The van der Waals surface area contributed by atoms with Gasteiger partial charge in [0.25, 0.3) is 0 Å². The molecule has 37 heavy (non-hydrogen) atoms. The highest BCUT2D eigenvalue weighted by atomic mass is 16.5. The summed E-state index contributed by atoms with van der Waals surface area (Å²) in [7, 11) is 1.76. The predicted octanol–water partition coefficient (Wildman–Crippen LogP) is 5.22. The highest BCUT2D eigenvalue weighted by Gasteiger charge is 2.48. The molecule has 1 aliphatic carbocycles. The monoisotopic (exact) mass is 520 g/mol. The van der Waals surface area contributed by atoms with Gasteiger partial charge in [0.2, 0.25) is 0 Å². The Morgan fingerprint density at radius 1 is 1.27 bits per heavy atom. The minimum absolute atomic E-state index is 0.00303. The van der Waals surface area contributed by atoms with E-state index in [4.69, 9.17) is 9.47 Å². The zero-order valence-corrected chi connectivity index (χ0v) is 24.3. The van der Waals surface area contributed by atoms with Gasteiger partial charge in [-0.15, -0.1) is 0 Å². The van der Waals surface area contributed by atoms with Gasteiger partial charge in [-0.25, -0.2) is 0 Å². The van der Waals surface area contributed by atoms with E-state index in [1.165, 1.54) is 0 Å². The van der Waals surface area contributed by atoms with Crippen molar-refractivity contribution in [3.8, 4) is 0 Å². The third kappa shape index (κ3) is 9.05. The summed E-state index contributed by atoms with van der Waals surface area (Å²) in [5.41, 5.74) is -0.0713. The van der Waals surface area contributed by atoms with Gasteiger partial charge in [0.15, 0.2) is 0 Å². The molecule has 1 fully saturated rings. The van der Waals surface area contributed by atoms with E-state index in [1.807, 2.05) is 58.1 Å². The first-order valence-electron chi connectivity index (χ1n) is 14.2. The molecule has 0 amide bonds. The second-order valence-corrected chi connectivity index (χ2v) is 11.9. The first kappa shape index (κ1) is 31.7. The van der Waals surface area contributed by atoms with Crippen molar-refractivity contribution in [3.63, 3.8) is 0 Å². The number of ether oxygens (including phenoxy) is 2. The largest absolute Gasteiger partial charge is 0.457 e. The number of hydrogen-bond donors (Lipinski definition) is 3. The Morgan fingerprint density at radius 3 is 2.57 bits per heavy atom. The van der Waals surface area contributed by atoms with Crippen LogP contribution in [-0.4, -0.2) is 58.4 Å². The van der Waals surface area contributed by atoms with Gasteiger partial charge in [-0.05, 0) is 62.9 Å². The molecule has 6 nitrogen and oxygen atoms in total. The number of carbonyl (C=O) groups excluding carboxylic acids is 1. The van der Waals surface area contributed by atoms with Gasteiger partial charge in [0, 0.05) is 24.9 Å². The molecule has 0 radical (unpaired) electrons. The average molecular weight is 521 g/mol. The minimum Gasteiger partial charge on any atom is -0.457 e. The molecule has 0 aromatic carbocycles. The van der Waals surface area contributed by atoms with Crippen molar-refractivity contribution >= 4 is 5.97 Å². The maximum Gasteiger partial charge on any atom is 0.309 e. The van der Waals surface area contributed by atoms with Gasteiger partial charge in [-0.1, -0.05) is 65.0 Å². The fourth-order valence-corrected chi connectivity index (χ4v) is 5.68. The molecule has 212 valence electrons. The van der Waals surface area contributed by atoms with Crippen LogP contribution in [-0.2, 0) is 14.3 Å². The summed E-state index contributed by atoms with van der Waals surface area (Å²) in [6, 6.07) is 0. The van der Waals surface area contributed by atoms with Crippen molar-refractivity contribution in [2.24, 2.45) is 35.5 Å². The Bertz CT molecular complexity index is 811. The zero-order valence-electron chi connectivity index (χ0n) is 24.3. The smallest absolute Gasteiger partial charge is 0.309 e. The van der Waals surface area contributed by atoms with E-state index in [-0.39, 0.29) is 30.3 Å². The Kier molecular flexibility index (Phi) is 12.1. The molecule has 0 spiro atoms. The molecule has 0 bridgehead atoms. The standard InChI is InChI=1S/C31H52O6/c1-9-27(36-8)23(6)25-18-26(25)29(34)19(2)11-10-12-20(3)30-21(4)13-14-22(5)31(7,35)16-15-24(32)17-28(33)37-30/h10-14,19,21-27,29-30,32,34-35H,9,15-18H2,1-8H3/b11-10+,14-13+,20-12+/t19-,21-,22-,23-,24+,25+,26-,27-,29-,30+,31+/m0/s1. The number of aliphatic hydroxyl groups excluding tert-OH is 2. The van der Waals surface area contributed by atoms with Gasteiger partial charge in [0.05, 0.1) is 30.3 Å². The second-order valence-electron chi connectivity index (χ2n) is 11.9. The van der Waals surface area contributed by atoms with E-state index in [0.717, 1.165) is 18.4 Å². The number of aliphatic hydroxyl groups is 3. The van der Waals surface area contributed by atoms with Crippen molar-refractivity contribution in [1.29, 1.82) is 0 Å². The fraction of sp³-hybridized carbons (Fsp3) is 0.774. The minimum atomic E-state index is -0.959.